The molecule has 0 saturated heterocycles. The molecule has 0 aliphatic heterocycles. The Hall–Kier alpha value is -1.90. The van der Waals surface area contributed by atoms with Gasteiger partial charge in [-0.25, -0.2) is 8.42 Å². The molecule has 0 fully saturated rings. The number of carbonyl (C=O) groups is 1. The molecule has 7 nitrogen and oxygen atoms in total. The minimum absolute atomic E-state index is 0.0234. The van der Waals surface area contributed by atoms with Crippen LogP contribution < -0.4 is 5.32 Å². The summed E-state index contributed by atoms with van der Waals surface area (Å²) in [5, 5.41) is 6.72. The molecule has 0 saturated carbocycles. The summed E-state index contributed by atoms with van der Waals surface area (Å²) in [6.45, 7) is 4.22. The molecule has 0 aliphatic carbocycles. The Kier molecular flexibility index (Phi) is 5.98. The van der Waals surface area contributed by atoms with Crippen LogP contribution in [0.5, 0.6) is 0 Å². The molecular formula is C15H19ClN4O3S. The molecule has 0 radical (unpaired) electrons. The van der Waals surface area contributed by atoms with Crippen LogP contribution in [0.2, 0.25) is 5.02 Å². The summed E-state index contributed by atoms with van der Waals surface area (Å²) in [6, 6.07) is 6.10. The number of carbonyl (C=O) groups excluding carboxylic acids is 1. The van der Waals surface area contributed by atoms with Crippen LogP contribution in [-0.2, 0) is 21.4 Å². The number of sulfonamides is 1. The van der Waals surface area contributed by atoms with Crippen molar-refractivity contribution in [2.45, 2.75) is 25.3 Å². The molecule has 1 aromatic carbocycles. The van der Waals surface area contributed by atoms with Gasteiger partial charge in [-0.3, -0.25) is 9.48 Å². The van der Waals surface area contributed by atoms with Gasteiger partial charge in [0.15, 0.2) is 0 Å². The molecule has 24 heavy (non-hydrogen) atoms. The van der Waals surface area contributed by atoms with Crippen LogP contribution >= 0.6 is 11.6 Å². The normalized spacial score (nSPS) is 11.7. The molecule has 1 N–H and O–H groups in total. The molecule has 2 rings (SSSR count). The summed E-state index contributed by atoms with van der Waals surface area (Å²) < 4.78 is 28.0. The lowest BCUT2D eigenvalue weighted by molar-refractivity contribution is -0.116. The molecular weight excluding hydrogens is 352 g/mol. The average molecular weight is 371 g/mol. The number of nitrogens with zero attached hydrogens (tertiary/aromatic N) is 3. The smallest absolute Gasteiger partial charge is 0.246 e. The molecule has 0 bridgehead atoms. The monoisotopic (exact) mass is 370 g/mol. The van der Waals surface area contributed by atoms with Gasteiger partial charge in [-0.1, -0.05) is 25.4 Å². The van der Waals surface area contributed by atoms with Gasteiger partial charge in [0.1, 0.15) is 11.4 Å². The number of amides is 1. The number of anilines is 1. The number of halogens is 1. The van der Waals surface area contributed by atoms with Gasteiger partial charge in [0, 0.05) is 31.2 Å². The summed E-state index contributed by atoms with van der Waals surface area (Å²) in [6.07, 6.45) is 3.24. The van der Waals surface area contributed by atoms with Crippen molar-refractivity contribution in [3.05, 3.63) is 41.7 Å². The van der Waals surface area contributed by atoms with E-state index in [4.69, 9.17) is 11.6 Å². The van der Waals surface area contributed by atoms with E-state index in [1.807, 2.05) is 0 Å². The molecule has 0 aliphatic rings. The first-order valence-corrected chi connectivity index (χ1v) is 9.27. The van der Waals surface area contributed by atoms with Crippen LogP contribution in [0.1, 0.15) is 13.8 Å². The largest absolute Gasteiger partial charge is 0.324 e. The van der Waals surface area contributed by atoms with Gasteiger partial charge in [-0.05, 0) is 24.3 Å². The van der Waals surface area contributed by atoms with E-state index in [-0.39, 0.29) is 22.4 Å². The fourth-order valence-corrected chi connectivity index (χ4v) is 4.18. The molecule has 1 aromatic heterocycles. The van der Waals surface area contributed by atoms with Gasteiger partial charge in [0.05, 0.1) is 5.02 Å². The van der Waals surface area contributed by atoms with Crippen LogP contribution in [-0.4, -0.2) is 41.5 Å². The highest BCUT2D eigenvalue weighted by Crippen LogP contribution is 2.27. The Balaban J connectivity index is 2.23. The highest BCUT2D eigenvalue weighted by atomic mass is 35.5. The topological polar surface area (TPSA) is 84.3 Å². The maximum absolute atomic E-state index is 12.6. The maximum Gasteiger partial charge on any atom is 0.246 e. The lowest BCUT2D eigenvalue weighted by Gasteiger charge is -2.19. The van der Waals surface area contributed by atoms with Crippen LogP contribution in [0, 0.1) is 0 Å². The number of aromatic nitrogens is 2. The Morgan fingerprint density at radius 2 is 2.04 bits per heavy atom. The lowest BCUT2D eigenvalue weighted by Crippen LogP contribution is -2.31. The van der Waals surface area contributed by atoms with Crippen molar-refractivity contribution in [3.63, 3.8) is 0 Å². The highest BCUT2D eigenvalue weighted by molar-refractivity contribution is 7.89. The van der Waals surface area contributed by atoms with E-state index in [9.17, 15) is 13.2 Å². The summed E-state index contributed by atoms with van der Waals surface area (Å²) in [5.41, 5.74) is 0.363. The quantitative estimate of drug-likeness (QED) is 0.809. The standard InChI is InChI=1S/C15H19ClN4O3S/c1-3-20(4-2)24(22,23)14-10-12(6-7-13(14)16)18-15(21)11-19-9-5-8-17-19/h5-10H,3-4,11H2,1-2H3,(H,18,21). The Morgan fingerprint density at radius 3 is 2.62 bits per heavy atom. The van der Waals surface area contributed by atoms with Gasteiger partial charge < -0.3 is 5.32 Å². The Labute approximate surface area is 146 Å². The van der Waals surface area contributed by atoms with Crippen molar-refractivity contribution in [2.24, 2.45) is 0 Å². The number of rotatable bonds is 7. The Bertz CT molecular complexity index is 802. The zero-order valence-electron chi connectivity index (χ0n) is 13.4. The molecule has 2 aromatic rings. The summed E-state index contributed by atoms with van der Waals surface area (Å²) in [5.74, 6) is -0.313. The van der Waals surface area contributed by atoms with Gasteiger partial charge in [-0.2, -0.15) is 9.40 Å². The summed E-state index contributed by atoms with van der Waals surface area (Å²) >= 11 is 6.06. The first-order chi connectivity index (χ1) is 11.4. The average Bonchev–Trinajstić information content (AvgIpc) is 3.02. The van der Waals surface area contributed by atoms with Gasteiger partial charge in [-0.15, -0.1) is 0 Å². The SMILES string of the molecule is CCN(CC)S(=O)(=O)c1cc(NC(=O)Cn2cccn2)ccc1Cl. The Morgan fingerprint density at radius 1 is 1.33 bits per heavy atom. The molecule has 0 atom stereocenters. The molecule has 1 heterocycles. The van der Waals surface area contributed by atoms with E-state index in [1.165, 1.54) is 21.1 Å². The third kappa shape index (κ3) is 4.14. The molecule has 0 spiro atoms. The fourth-order valence-electron chi connectivity index (χ4n) is 2.22. The predicted octanol–water partition coefficient (Wildman–Crippen LogP) is 2.21. The molecule has 9 heteroatoms. The maximum atomic E-state index is 12.6. The lowest BCUT2D eigenvalue weighted by atomic mass is 10.3. The van der Waals surface area contributed by atoms with E-state index < -0.39 is 10.0 Å². The minimum atomic E-state index is -3.71. The third-order valence-corrected chi connectivity index (χ3v) is 5.93. The second kappa shape index (κ2) is 7.78. The number of hydrogen-bond acceptors (Lipinski definition) is 4. The van der Waals surface area contributed by atoms with Crippen molar-refractivity contribution in [1.82, 2.24) is 14.1 Å². The minimum Gasteiger partial charge on any atom is -0.324 e. The van der Waals surface area contributed by atoms with E-state index >= 15 is 0 Å². The van der Waals surface area contributed by atoms with Crippen molar-refractivity contribution < 1.29 is 13.2 Å². The van der Waals surface area contributed by atoms with Gasteiger partial charge in [0.2, 0.25) is 15.9 Å². The van der Waals surface area contributed by atoms with Gasteiger partial charge >= 0.3 is 0 Å². The summed E-state index contributed by atoms with van der Waals surface area (Å²) in [7, 11) is -3.71. The number of nitrogens with one attached hydrogen (secondary N) is 1. The van der Waals surface area contributed by atoms with E-state index in [1.54, 1.807) is 38.4 Å². The van der Waals surface area contributed by atoms with Crippen molar-refractivity contribution in [2.75, 3.05) is 18.4 Å². The van der Waals surface area contributed by atoms with Crippen LogP contribution in [0.15, 0.2) is 41.6 Å². The van der Waals surface area contributed by atoms with E-state index in [0.29, 0.717) is 18.8 Å². The predicted molar refractivity (Wildman–Crippen MR) is 92.4 cm³/mol. The summed E-state index contributed by atoms with van der Waals surface area (Å²) in [4.78, 5) is 12.0. The van der Waals surface area contributed by atoms with E-state index in [0.717, 1.165) is 0 Å². The number of benzene rings is 1. The van der Waals surface area contributed by atoms with Crippen LogP contribution in [0.25, 0.3) is 0 Å². The molecule has 1 amide bonds. The molecule has 130 valence electrons. The van der Waals surface area contributed by atoms with Crippen molar-refractivity contribution in [1.29, 1.82) is 0 Å². The molecule has 0 unspecified atom stereocenters. The zero-order chi connectivity index (χ0) is 17.7. The fraction of sp³-hybridized carbons (Fsp3) is 0.333. The first kappa shape index (κ1) is 18.4. The first-order valence-electron chi connectivity index (χ1n) is 7.45. The second-order valence-electron chi connectivity index (χ2n) is 4.99. The zero-order valence-corrected chi connectivity index (χ0v) is 15.0. The van der Waals surface area contributed by atoms with Crippen LogP contribution in [0.4, 0.5) is 5.69 Å². The number of hydrogen-bond donors (Lipinski definition) is 1. The van der Waals surface area contributed by atoms with E-state index in [2.05, 4.69) is 10.4 Å². The van der Waals surface area contributed by atoms with Crippen LogP contribution in [0.3, 0.4) is 0 Å². The van der Waals surface area contributed by atoms with Gasteiger partial charge in [0.25, 0.3) is 0 Å². The highest BCUT2D eigenvalue weighted by Gasteiger charge is 2.24. The van der Waals surface area contributed by atoms with Crippen molar-refractivity contribution >= 4 is 33.2 Å². The van der Waals surface area contributed by atoms with Crippen molar-refractivity contribution in [3.8, 4) is 0 Å². The second-order valence-corrected chi connectivity index (χ2v) is 7.30. The third-order valence-electron chi connectivity index (χ3n) is 3.40.